The first-order valence-electron chi connectivity index (χ1n) is 10.5. The molecule has 2 aromatic heterocycles. The predicted molar refractivity (Wildman–Crippen MR) is 125 cm³/mol. The second-order valence-electron chi connectivity index (χ2n) is 7.39. The molecule has 2 aromatic carbocycles. The summed E-state index contributed by atoms with van der Waals surface area (Å²) in [4.78, 5) is 40.9. The Hall–Kier alpha value is -4.60. The maximum atomic E-state index is 12.4. The third-order valence-corrected chi connectivity index (χ3v) is 5.03. The highest BCUT2D eigenvalue weighted by Gasteiger charge is 2.12. The monoisotopic (exact) mass is 458 g/mol. The maximum Gasteiger partial charge on any atom is 0.308 e. The van der Waals surface area contributed by atoms with Crippen molar-refractivity contribution in [1.29, 1.82) is 0 Å². The number of hydrogen-bond acceptors (Lipinski definition) is 7. The first kappa shape index (κ1) is 22.6. The SMILES string of the molecule is Cn1ncc2c(=O)n(CCC(=O)OCC(=O)NN=C(c3ccccc3)c3ccccc3)cnc21. The second kappa shape index (κ2) is 10.3. The number of aryl methyl sites for hydroxylation is 2. The number of hydrazone groups is 1. The summed E-state index contributed by atoms with van der Waals surface area (Å²) >= 11 is 0. The first-order chi connectivity index (χ1) is 16.5. The predicted octanol–water partition coefficient (Wildman–Crippen LogP) is 1.63. The van der Waals surface area contributed by atoms with Crippen LogP contribution >= 0.6 is 0 Å². The Bertz CT molecular complexity index is 1350. The first-order valence-corrected chi connectivity index (χ1v) is 10.5. The summed E-state index contributed by atoms with van der Waals surface area (Å²) < 4.78 is 7.83. The Morgan fingerprint density at radius 3 is 2.32 bits per heavy atom. The molecule has 0 aliphatic rings. The van der Waals surface area contributed by atoms with Gasteiger partial charge < -0.3 is 4.74 Å². The van der Waals surface area contributed by atoms with Gasteiger partial charge in [0.05, 0.1) is 24.7 Å². The molecular formula is C24H22N6O4. The fourth-order valence-electron chi connectivity index (χ4n) is 3.29. The summed E-state index contributed by atoms with van der Waals surface area (Å²) in [5.41, 5.74) is 4.84. The number of amides is 1. The van der Waals surface area contributed by atoms with E-state index in [1.54, 1.807) is 7.05 Å². The highest BCUT2D eigenvalue weighted by Crippen LogP contribution is 2.10. The Labute approximate surface area is 194 Å². The molecule has 0 spiro atoms. The molecular weight excluding hydrogens is 436 g/mol. The van der Waals surface area contributed by atoms with Gasteiger partial charge in [0, 0.05) is 24.7 Å². The van der Waals surface area contributed by atoms with Crippen molar-refractivity contribution in [3.05, 3.63) is 94.7 Å². The zero-order valence-corrected chi connectivity index (χ0v) is 18.4. The number of nitrogens with zero attached hydrogens (tertiary/aromatic N) is 5. The minimum atomic E-state index is -0.622. The van der Waals surface area contributed by atoms with Gasteiger partial charge in [-0.25, -0.2) is 10.4 Å². The molecule has 10 heteroatoms. The van der Waals surface area contributed by atoms with Crippen molar-refractivity contribution in [1.82, 2.24) is 24.8 Å². The van der Waals surface area contributed by atoms with Gasteiger partial charge in [0.15, 0.2) is 12.3 Å². The zero-order valence-electron chi connectivity index (χ0n) is 18.4. The van der Waals surface area contributed by atoms with Crippen LogP contribution in [0.15, 0.2) is 83.1 Å². The molecule has 0 bridgehead atoms. The molecule has 4 aromatic rings. The third kappa shape index (κ3) is 5.23. The van der Waals surface area contributed by atoms with Gasteiger partial charge in [-0.15, -0.1) is 0 Å². The molecule has 1 N–H and O–H groups in total. The highest BCUT2D eigenvalue weighted by atomic mass is 16.5. The van der Waals surface area contributed by atoms with Gasteiger partial charge in [0.2, 0.25) is 0 Å². The van der Waals surface area contributed by atoms with Crippen molar-refractivity contribution in [3.8, 4) is 0 Å². The average Bonchev–Trinajstić information content (AvgIpc) is 3.25. The minimum Gasteiger partial charge on any atom is -0.455 e. The van der Waals surface area contributed by atoms with E-state index in [2.05, 4.69) is 20.6 Å². The van der Waals surface area contributed by atoms with E-state index in [0.29, 0.717) is 16.7 Å². The summed E-state index contributed by atoms with van der Waals surface area (Å²) in [6, 6.07) is 18.8. The summed E-state index contributed by atoms with van der Waals surface area (Å²) in [5, 5.41) is 8.61. The topological polar surface area (TPSA) is 120 Å². The Morgan fingerprint density at radius 2 is 1.68 bits per heavy atom. The summed E-state index contributed by atoms with van der Waals surface area (Å²) in [5.74, 6) is -1.20. The van der Waals surface area contributed by atoms with Crippen LogP contribution in [0.2, 0.25) is 0 Å². The molecule has 172 valence electrons. The zero-order chi connectivity index (χ0) is 23.9. The molecule has 1 amide bonds. The normalized spacial score (nSPS) is 10.6. The van der Waals surface area contributed by atoms with Gasteiger partial charge in [0.25, 0.3) is 11.5 Å². The molecule has 0 aliphatic carbocycles. The van der Waals surface area contributed by atoms with Gasteiger partial charge in [-0.05, 0) is 0 Å². The summed E-state index contributed by atoms with van der Waals surface area (Å²) in [6.07, 6.45) is 2.70. The lowest BCUT2D eigenvalue weighted by Gasteiger charge is -2.09. The Morgan fingerprint density at radius 1 is 1.03 bits per heavy atom. The van der Waals surface area contributed by atoms with Crippen LogP contribution in [0.4, 0.5) is 0 Å². The number of aromatic nitrogens is 4. The fraction of sp³-hybridized carbons (Fsp3) is 0.167. The molecule has 2 heterocycles. The Balaban J connectivity index is 1.33. The lowest BCUT2D eigenvalue weighted by atomic mass is 10.0. The molecule has 0 saturated heterocycles. The molecule has 0 radical (unpaired) electrons. The summed E-state index contributed by atoms with van der Waals surface area (Å²) in [6.45, 7) is -0.421. The standard InChI is InChI=1S/C24H22N6O4/c1-29-23-19(14-26-29)24(33)30(16-25-23)13-12-21(32)34-15-20(31)27-28-22(17-8-4-2-5-9-17)18-10-6-3-7-11-18/h2-11,14,16H,12-13,15H2,1H3,(H,27,31). The van der Waals surface area contributed by atoms with E-state index in [1.807, 2.05) is 60.7 Å². The van der Waals surface area contributed by atoms with Crippen LogP contribution in [0.25, 0.3) is 11.0 Å². The molecule has 4 rings (SSSR count). The van der Waals surface area contributed by atoms with Crippen molar-refractivity contribution >= 4 is 28.6 Å². The van der Waals surface area contributed by atoms with Crippen LogP contribution in [0, 0.1) is 0 Å². The van der Waals surface area contributed by atoms with Crippen molar-refractivity contribution in [2.24, 2.45) is 12.1 Å². The van der Waals surface area contributed by atoms with E-state index in [-0.39, 0.29) is 18.5 Å². The lowest BCUT2D eigenvalue weighted by Crippen LogP contribution is -2.27. The van der Waals surface area contributed by atoms with E-state index < -0.39 is 18.5 Å². The van der Waals surface area contributed by atoms with Crippen molar-refractivity contribution in [2.45, 2.75) is 13.0 Å². The number of nitrogens with one attached hydrogen (secondary N) is 1. The number of carbonyl (C=O) groups excluding carboxylic acids is 2. The summed E-state index contributed by atoms with van der Waals surface area (Å²) in [7, 11) is 1.69. The second-order valence-corrected chi connectivity index (χ2v) is 7.39. The minimum absolute atomic E-state index is 0.0709. The average molecular weight is 458 g/mol. The van der Waals surface area contributed by atoms with Crippen molar-refractivity contribution in [3.63, 3.8) is 0 Å². The lowest BCUT2D eigenvalue weighted by molar-refractivity contribution is -0.148. The van der Waals surface area contributed by atoms with Crippen LogP contribution in [0.5, 0.6) is 0 Å². The maximum absolute atomic E-state index is 12.4. The van der Waals surface area contributed by atoms with Gasteiger partial charge in [-0.2, -0.15) is 10.2 Å². The number of rotatable bonds is 8. The number of fused-ring (bicyclic) bond motifs is 1. The van der Waals surface area contributed by atoms with Gasteiger partial charge in [-0.1, -0.05) is 60.7 Å². The van der Waals surface area contributed by atoms with E-state index >= 15 is 0 Å². The smallest absolute Gasteiger partial charge is 0.308 e. The van der Waals surface area contributed by atoms with Crippen LogP contribution in [0.1, 0.15) is 17.5 Å². The fourth-order valence-corrected chi connectivity index (χ4v) is 3.29. The molecule has 0 unspecified atom stereocenters. The van der Waals surface area contributed by atoms with Gasteiger partial charge in [0.1, 0.15) is 5.39 Å². The van der Waals surface area contributed by atoms with E-state index in [9.17, 15) is 14.4 Å². The number of benzene rings is 2. The molecule has 10 nitrogen and oxygen atoms in total. The van der Waals surface area contributed by atoms with Gasteiger partial charge >= 0.3 is 5.97 Å². The molecule has 0 fully saturated rings. The molecule has 0 aliphatic heterocycles. The highest BCUT2D eigenvalue weighted by molar-refractivity contribution is 6.13. The molecule has 34 heavy (non-hydrogen) atoms. The van der Waals surface area contributed by atoms with Gasteiger partial charge in [-0.3, -0.25) is 23.6 Å². The van der Waals surface area contributed by atoms with Crippen molar-refractivity contribution in [2.75, 3.05) is 6.61 Å². The Kier molecular flexibility index (Phi) is 6.87. The number of carbonyl (C=O) groups is 2. The molecule has 0 saturated carbocycles. The quantitative estimate of drug-likeness (QED) is 0.243. The van der Waals surface area contributed by atoms with Crippen LogP contribution < -0.4 is 11.0 Å². The number of ether oxygens (including phenoxy) is 1. The van der Waals surface area contributed by atoms with Crippen LogP contribution in [0.3, 0.4) is 0 Å². The van der Waals surface area contributed by atoms with E-state index in [1.165, 1.54) is 21.8 Å². The van der Waals surface area contributed by atoms with E-state index in [4.69, 9.17) is 4.74 Å². The van der Waals surface area contributed by atoms with Crippen LogP contribution in [-0.4, -0.2) is 43.5 Å². The largest absolute Gasteiger partial charge is 0.455 e. The van der Waals surface area contributed by atoms with E-state index in [0.717, 1.165) is 11.1 Å². The number of esters is 1. The van der Waals surface area contributed by atoms with Crippen molar-refractivity contribution < 1.29 is 14.3 Å². The molecule has 0 atom stereocenters. The third-order valence-electron chi connectivity index (χ3n) is 5.03. The van der Waals surface area contributed by atoms with Crippen LogP contribution in [-0.2, 0) is 27.9 Å². The number of hydrogen-bond donors (Lipinski definition) is 1.